The van der Waals surface area contributed by atoms with Gasteiger partial charge in [-0.05, 0) is 32.3 Å². The van der Waals surface area contributed by atoms with Gasteiger partial charge in [0, 0.05) is 6.54 Å². The van der Waals surface area contributed by atoms with Crippen LogP contribution in [0, 0.1) is 0 Å². The second-order valence-corrected chi connectivity index (χ2v) is 5.61. The quantitative estimate of drug-likeness (QED) is 0.889. The van der Waals surface area contributed by atoms with E-state index < -0.39 is 17.6 Å². The van der Waals surface area contributed by atoms with Crippen LogP contribution < -0.4 is 5.32 Å². The van der Waals surface area contributed by atoms with Crippen molar-refractivity contribution >= 4 is 12.0 Å². The summed E-state index contributed by atoms with van der Waals surface area (Å²) in [5, 5.41) is 12.0. The van der Waals surface area contributed by atoms with E-state index in [0.29, 0.717) is 13.0 Å². The van der Waals surface area contributed by atoms with Crippen LogP contribution in [0.15, 0.2) is 30.3 Å². The van der Waals surface area contributed by atoms with Crippen LogP contribution in [0.3, 0.4) is 0 Å². The number of carbonyl (C=O) groups excluding carboxylic acids is 1. The van der Waals surface area contributed by atoms with Crippen molar-refractivity contribution in [2.45, 2.75) is 38.3 Å². The average molecular weight is 276 g/mol. The zero-order valence-corrected chi connectivity index (χ0v) is 11.8. The summed E-state index contributed by atoms with van der Waals surface area (Å²) in [6.45, 7) is 4.31. The molecule has 1 fully saturated rings. The van der Waals surface area contributed by atoms with E-state index in [9.17, 15) is 9.59 Å². The Kier molecular flexibility index (Phi) is 3.97. The van der Waals surface area contributed by atoms with Crippen molar-refractivity contribution in [2.75, 3.05) is 6.54 Å². The molecule has 1 heterocycles. The molecule has 5 nitrogen and oxygen atoms in total. The Morgan fingerprint density at radius 2 is 1.95 bits per heavy atom. The summed E-state index contributed by atoms with van der Waals surface area (Å²) in [5.41, 5.74) is 0.448. The van der Waals surface area contributed by atoms with Crippen LogP contribution in [0.2, 0.25) is 0 Å². The molecule has 1 saturated heterocycles. The van der Waals surface area contributed by atoms with E-state index in [4.69, 9.17) is 5.11 Å². The largest absolute Gasteiger partial charge is 0.480 e. The number of rotatable bonds is 3. The first-order valence-corrected chi connectivity index (χ1v) is 6.79. The number of nitrogens with one attached hydrogen (secondary N) is 1. The van der Waals surface area contributed by atoms with Crippen LogP contribution in [0.25, 0.3) is 0 Å². The molecule has 1 aromatic rings. The molecule has 108 valence electrons. The fourth-order valence-corrected chi connectivity index (χ4v) is 2.53. The van der Waals surface area contributed by atoms with Gasteiger partial charge in [0.25, 0.3) is 0 Å². The number of amides is 2. The molecule has 20 heavy (non-hydrogen) atoms. The molecule has 5 heteroatoms. The van der Waals surface area contributed by atoms with E-state index in [2.05, 4.69) is 5.32 Å². The molecular weight excluding hydrogens is 256 g/mol. The first kappa shape index (κ1) is 14.4. The van der Waals surface area contributed by atoms with Gasteiger partial charge in [0.05, 0.1) is 5.54 Å². The summed E-state index contributed by atoms with van der Waals surface area (Å²) in [4.78, 5) is 24.8. The van der Waals surface area contributed by atoms with Crippen LogP contribution >= 0.6 is 0 Å². The zero-order valence-electron chi connectivity index (χ0n) is 11.8. The first-order chi connectivity index (χ1) is 9.42. The van der Waals surface area contributed by atoms with Crippen molar-refractivity contribution < 1.29 is 14.7 Å². The van der Waals surface area contributed by atoms with Crippen LogP contribution in [0.1, 0.15) is 32.3 Å². The van der Waals surface area contributed by atoms with Gasteiger partial charge in [-0.1, -0.05) is 30.3 Å². The molecule has 1 atom stereocenters. The minimum Gasteiger partial charge on any atom is -0.480 e. The topological polar surface area (TPSA) is 69.6 Å². The molecule has 1 aromatic carbocycles. The number of nitrogens with zero attached hydrogens (tertiary/aromatic N) is 1. The van der Waals surface area contributed by atoms with Crippen molar-refractivity contribution in [2.24, 2.45) is 0 Å². The minimum absolute atomic E-state index is 0.316. The number of carbonyl (C=O) groups is 2. The number of likely N-dealkylation sites (tertiary alicyclic amines) is 1. The Bertz CT molecular complexity index is 499. The van der Waals surface area contributed by atoms with Crippen LogP contribution in [-0.2, 0) is 10.3 Å². The van der Waals surface area contributed by atoms with Crippen molar-refractivity contribution in [1.82, 2.24) is 10.2 Å². The lowest BCUT2D eigenvalue weighted by Gasteiger charge is -2.31. The Morgan fingerprint density at radius 3 is 2.55 bits per heavy atom. The van der Waals surface area contributed by atoms with Crippen molar-refractivity contribution in [3.63, 3.8) is 0 Å². The third-order valence-corrected chi connectivity index (χ3v) is 3.71. The number of hydrogen-bond acceptors (Lipinski definition) is 2. The van der Waals surface area contributed by atoms with Gasteiger partial charge in [-0.2, -0.15) is 0 Å². The number of aliphatic carboxylic acids is 1. The van der Waals surface area contributed by atoms with Crippen molar-refractivity contribution in [1.29, 1.82) is 0 Å². The van der Waals surface area contributed by atoms with E-state index in [1.807, 2.05) is 44.2 Å². The normalized spacial score (nSPS) is 18.9. The summed E-state index contributed by atoms with van der Waals surface area (Å²) >= 11 is 0. The molecule has 0 radical (unpaired) electrons. The van der Waals surface area contributed by atoms with Gasteiger partial charge in [-0.3, -0.25) is 0 Å². The summed E-state index contributed by atoms with van der Waals surface area (Å²) < 4.78 is 0. The molecule has 2 N–H and O–H groups in total. The van der Waals surface area contributed by atoms with Crippen LogP contribution in [0.5, 0.6) is 0 Å². The van der Waals surface area contributed by atoms with Gasteiger partial charge in [0.1, 0.15) is 6.04 Å². The van der Waals surface area contributed by atoms with Gasteiger partial charge in [0.15, 0.2) is 0 Å². The van der Waals surface area contributed by atoms with E-state index in [1.165, 1.54) is 4.90 Å². The molecule has 2 rings (SSSR count). The van der Waals surface area contributed by atoms with Crippen LogP contribution in [0.4, 0.5) is 4.79 Å². The maximum absolute atomic E-state index is 12.3. The summed E-state index contributed by atoms with van der Waals surface area (Å²) in [6, 6.07) is 8.61. The maximum atomic E-state index is 12.3. The molecule has 2 amide bonds. The summed E-state index contributed by atoms with van der Waals surface area (Å²) in [6.07, 6.45) is 1.25. The number of carboxylic acid groups (broad SMARTS) is 1. The fourth-order valence-electron chi connectivity index (χ4n) is 2.53. The third kappa shape index (κ3) is 2.92. The monoisotopic (exact) mass is 276 g/mol. The molecule has 0 aliphatic carbocycles. The highest BCUT2D eigenvalue weighted by Gasteiger charge is 2.36. The highest BCUT2D eigenvalue weighted by Crippen LogP contribution is 2.22. The van der Waals surface area contributed by atoms with Crippen LogP contribution in [-0.4, -0.2) is 34.6 Å². The zero-order chi connectivity index (χ0) is 14.8. The smallest absolute Gasteiger partial charge is 0.326 e. The SMILES string of the molecule is CC(C)(NC(=O)N1CCCC1C(=O)O)c1ccccc1. The number of urea groups is 1. The Labute approximate surface area is 118 Å². The van der Waals surface area contributed by atoms with Gasteiger partial charge in [-0.15, -0.1) is 0 Å². The predicted molar refractivity (Wildman–Crippen MR) is 75.4 cm³/mol. The molecule has 0 bridgehead atoms. The standard InChI is InChI=1S/C15H20N2O3/c1-15(2,11-7-4-3-5-8-11)16-14(20)17-10-6-9-12(17)13(18)19/h3-5,7-8,12H,6,9-10H2,1-2H3,(H,16,20)(H,18,19). The molecule has 1 unspecified atom stereocenters. The van der Waals surface area contributed by atoms with Gasteiger partial charge >= 0.3 is 12.0 Å². The molecular formula is C15H20N2O3. The Hall–Kier alpha value is -2.04. The van der Waals surface area contributed by atoms with Gasteiger partial charge in [0.2, 0.25) is 0 Å². The van der Waals surface area contributed by atoms with E-state index >= 15 is 0 Å². The lowest BCUT2D eigenvalue weighted by atomic mass is 9.94. The molecule has 1 aliphatic heterocycles. The number of carboxylic acids is 1. The van der Waals surface area contributed by atoms with Gasteiger partial charge in [-0.25, -0.2) is 9.59 Å². The molecule has 0 aromatic heterocycles. The second kappa shape index (κ2) is 5.53. The van der Waals surface area contributed by atoms with Gasteiger partial charge < -0.3 is 15.3 Å². The minimum atomic E-state index is -0.935. The van der Waals surface area contributed by atoms with Crippen molar-refractivity contribution in [3.05, 3.63) is 35.9 Å². The van der Waals surface area contributed by atoms with E-state index in [-0.39, 0.29) is 6.03 Å². The highest BCUT2D eigenvalue weighted by molar-refractivity contribution is 5.83. The van der Waals surface area contributed by atoms with E-state index in [0.717, 1.165) is 12.0 Å². The summed E-state index contributed by atoms with van der Waals surface area (Å²) in [5.74, 6) is -0.935. The average Bonchev–Trinajstić information content (AvgIpc) is 2.88. The van der Waals surface area contributed by atoms with E-state index in [1.54, 1.807) is 0 Å². The fraction of sp³-hybridized carbons (Fsp3) is 0.467. The predicted octanol–water partition coefficient (Wildman–Crippen LogP) is 2.18. The Morgan fingerprint density at radius 1 is 1.30 bits per heavy atom. The first-order valence-electron chi connectivity index (χ1n) is 6.79. The second-order valence-electron chi connectivity index (χ2n) is 5.61. The number of benzene rings is 1. The van der Waals surface area contributed by atoms with Crippen molar-refractivity contribution in [3.8, 4) is 0 Å². The molecule has 0 spiro atoms. The molecule has 0 saturated carbocycles. The lowest BCUT2D eigenvalue weighted by Crippen LogP contribution is -2.51. The number of hydrogen-bond donors (Lipinski definition) is 2. The maximum Gasteiger partial charge on any atom is 0.326 e. The summed E-state index contributed by atoms with van der Waals surface area (Å²) in [7, 11) is 0. The third-order valence-electron chi connectivity index (χ3n) is 3.71. The lowest BCUT2D eigenvalue weighted by molar-refractivity contribution is -0.141. The Balaban J connectivity index is 2.09. The highest BCUT2D eigenvalue weighted by atomic mass is 16.4. The molecule has 1 aliphatic rings.